The summed E-state index contributed by atoms with van der Waals surface area (Å²) >= 11 is 0. The van der Waals surface area contributed by atoms with E-state index in [-0.39, 0.29) is 10.5 Å². The van der Waals surface area contributed by atoms with Crippen molar-refractivity contribution < 1.29 is 13.2 Å². The van der Waals surface area contributed by atoms with Crippen LogP contribution in [0.3, 0.4) is 0 Å². The lowest BCUT2D eigenvalue weighted by Gasteiger charge is -2.26. The van der Waals surface area contributed by atoms with Gasteiger partial charge in [-0.25, -0.2) is 13.4 Å². The molecule has 0 saturated carbocycles. The molecular formula is C16H18N4O3S. The number of hydrogen-bond donors (Lipinski definition) is 1. The Morgan fingerprint density at radius 3 is 2.62 bits per heavy atom. The molecule has 2 heterocycles. The number of hydrogen-bond acceptors (Lipinski definition) is 5. The minimum absolute atomic E-state index is 0.135. The van der Waals surface area contributed by atoms with Crippen LogP contribution in [0.2, 0.25) is 0 Å². The van der Waals surface area contributed by atoms with Gasteiger partial charge in [0, 0.05) is 31.0 Å². The van der Waals surface area contributed by atoms with Crippen molar-refractivity contribution in [2.45, 2.75) is 24.2 Å². The Labute approximate surface area is 140 Å². The number of nitrogens with one attached hydrogen (secondary N) is 1. The lowest BCUT2D eigenvalue weighted by atomic mass is 10.2. The Bertz CT molecular complexity index is 818. The van der Waals surface area contributed by atoms with Crippen molar-refractivity contribution in [2.24, 2.45) is 0 Å². The number of amides is 1. The van der Waals surface area contributed by atoms with E-state index in [0.717, 1.165) is 19.3 Å². The lowest BCUT2D eigenvalue weighted by Crippen LogP contribution is -2.35. The summed E-state index contributed by atoms with van der Waals surface area (Å²) in [7, 11) is -3.57. The summed E-state index contributed by atoms with van der Waals surface area (Å²) in [6.07, 6.45) is 7.17. The zero-order chi connectivity index (χ0) is 17.0. The van der Waals surface area contributed by atoms with Crippen LogP contribution in [-0.2, 0) is 10.0 Å². The smallest absolute Gasteiger partial charge is 0.256 e. The molecule has 1 N–H and O–H groups in total. The number of carbonyl (C=O) groups excluding carboxylic acids is 1. The fourth-order valence-electron chi connectivity index (χ4n) is 2.60. The van der Waals surface area contributed by atoms with E-state index in [9.17, 15) is 13.2 Å². The van der Waals surface area contributed by atoms with E-state index in [1.807, 2.05) is 0 Å². The van der Waals surface area contributed by atoms with Crippen LogP contribution in [0.4, 0.5) is 5.82 Å². The number of rotatable bonds is 4. The van der Waals surface area contributed by atoms with Crippen LogP contribution in [0.25, 0.3) is 0 Å². The molecule has 8 heteroatoms. The Morgan fingerprint density at radius 2 is 1.92 bits per heavy atom. The monoisotopic (exact) mass is 346 g/mol. The van der Waals surface area contributed by atoms with Crippen LogP contribution < -0.4 is 5.32 Å². The van der Waals surface area contributed by atoms with Gasteiger partial charge in [-0.1, -0.05) is 12.5 Å². The maximum absolute atomic E-state index is 12.7. The third kappa shape index (κ3) is 3.60. The molecule has 0 aliphatic carbocycles. The van der Waals surface area contributed by atoms with E-state index in [4.69, 9.17) is 0 Å². The summed E-state index contributed by atoms with van der Waals surface area (Å²) in [4.78, 5) is 20.3. The summed E-state index contributed by atoms with van der Waals surface area (Å²) in [6, 6.07) is 6.06. The van der Waals surface area contributed by atoms with Gasteiger partial charge in [0.25, 0.3) is 5.91 Å². The largest absolute Gasteiger partial charge is 0.305 e. The zero-order valence-corrected chi connectivity index (χ0v) is 13.9. The van der Waals surface area contributed by atoms with Crippen molar-refractivity contribution in [1.82, 2.24) is 14.3 Å². The Morgan fingerprint density at radius 1 is 1.12 bits per heavy atom. The Balaban J connectivity index is 1.82. The number of sulfonamides is 1. The van der Waals surface area contributed by atoms with Crippen molar-refractivity contribution in [1.29, 1.82) is 0 Å². The SMILES string of the molecule is O=C(Nc1cnccn1)c1cccc(S(=O)(=O)N2CCCCC2)c1. The van der Waals surface area contributed by atoms with Gasteiger partial charge in [-0.05, 0) is 31.0 Å². The normalized spacial score (nSPS) is 15.8. The van der Waals surface area contributed by atoms with E-state index in [2.05, 4.69) is 15.3 Å². The first-order valence-corrected chi connectivity index (χ1v) is 9.19. The molecule has 1 aromatic carbocycles. The molecular weight excluding hydrogens is 328 g/mol. The van der Waals surface area contributed by atoms with Crippen molar-refractivity contribution in [3.8, 4) is 0 Å². The van der Waals surface area contributed by atoms with Gasteiger partial charge >= 0.3 is 0 Å². The molecule has 1 amide bonds. The average molecular weight is 346 g/mol. The van der Waals surface area contributed by atoms with Gasteiger partial charge in [0.05, 0.1) is 11.1 Å². The van der Waals surface area contributed by atoms with Crippen molar-refractivity contribution >= 4 is 21.7 Å². The van der Waals surface area contributed by atoms with Gasteiger partial charge in [0.2, 0.25) is 10.0 Å². The third-order valence-electron chi connectivity index (χ3n) is 3.85. The first-order valence-electron chi connectivity index (χ1n) is 7.75. The van der Waals surface area contributed by atoms with Gasteiger partial charge in [-0.15, -0.1) is 0 Å². The molecule has 0 atom stereocenters. The minimum atomic E-state index is -3.57. The summed E-state index contributed by atoms with van der Waals surface area (Å²) in [5, 5.41) is 2.60. The molecule has 0 bridgehead atoms. The second kappa shape index (κ2) is 7.06. The Kier molecular flexibility index (Phi) is 4.86. The number of piperidine rings is 1. The zero-order valence-electron chi connectivity index (χ0n) is 13.1. The van der Waals surface area contributed by atoms with E-state index >= 15 is 0 Å². The van der Waals surface area contributed by atoms with Crippen molar-refractivity contribution in [3.63, 3.8) is 0 Å². The topological polar surface area (TPSA) is 92.3 Å². The summed E-state index contributed by atoms with van der Waals surface area (Å²) in [5.41, 5.74) is 0.263. The molecule has 1 aliphatic rings. The summed E-state index contributed by atoms with van der Waals surface area (Å²) < 4.78 is 26.9. The van der Waals surface area contributed by atoms with Gasteiger partial charge < -0.3 is 5.32 Å². The maximum Gasteiger partial charge on any atom is 0.256 e. The van der Waals surface area contributed by atoms with Gasteiger partial charge in [0.1, 0.15) is 0 Å². The van der Waals surface area contributed by atoms with Crippen molar-refractivity contribution in [2.75, 3.05) is 18.4 Å². The highest BCUT2D eigenvalue weighted by Gasteiger charge is 2.26. The maximum atomic E-state index is 12.7. The predicted molar refractivity (Wildman–Crippen MR) is 89.0 cm³/mol. The van der Waals surface area contributed by atoms with Crippen LogP contribution in [0.5, 0.6) is 0 Å². The number of benzene rings is 1. The highest BCUT2D eigenvalue weighted by Crippen LogP contribution is 2.21. The van der Waals surface area contributed by atoms with Gasteiger partial charge in [-0.3, -0.25) is 9.78 Å². The van der Waals surface area contributed by atoms with Crippen LogP contribution in [0.1, 0.15) is 29.6 Å². The van der Waals surface area contributed by atoms with E-state index < -0.39 is 15.9 Å². The molecule has 0 unspecified atom stereocenters. The van der Waals surface area contributed by atoms with E-state index in [0.29, 0.717) is 18.9 Å². The molecule has 2 aromatic rings. The van der Waals surface area contributed by atoms with Crippen LogP contribution in [0, 0.1) is 0 Å². The first kappa shape index (κ1) is 16.5. The highest BCUT2D eigenvalue weighted by molar-refractivity contribution is 7.89. The second-order valence-corrected chi connectivity index (χ2v) is 7.48. The fourth-order valence-corrected chi connectivity index (χ4v) is 4.17. The van der Waals surface area contributed by atoms with Crippen LogP contribution >= 0.6 is 0 Å². The van der Waals surface area contributed by atoms with Crippen molar-refractivity contribution in [3.05, 3.63) is 48.4 Å². The molecule has 7 nitrogen and oxygen atoms in total. The molecule has 1 fully saturated rings. The van der Waals surface area contributed by atoms with Crippen LogP contribution in [0.15, 0.2) is 47.8 Å². The van der Waals surface area contributed by atoms with E-state index in [1.165, 1.54) is 35.0 Å². The highest BCUT2D eigenvalue weighted by atomic mass is 32.2. The third-order valence-corrected chi connectivity index (χ3v) is 5.75. The molecule has 24 heavy (non-hydrogen) atoms. The average Bonchev–Trinajstić information content (AvgIpc) is 2.63. The molecule has 1 aromatic heterocycles. The predicted octanol–water partition coefficient (Wildman–Crippen LogP) is 1.90. The number of nitrogens with zero attached hydrogens (tertiary/aromatic N) is 3. The number of anilines is 1. The van der Waals surface area contributed by atoms with Gasteiger partial charge in [0.15, 0.2) is 5.82 Å². The molecule has 1 aliphatic heterocycles. The summed E-state index contributed by atoms with van der Waals surface area (Å²) in [5.74, 6) is -0.113. The summed E-state index contributed by atoms with van der Waals surface area (Å²) in [6.45, 7) is 1.05. The number of aromatic nitrogens is 2. The minimum Gasteiger partial charge on any atom is -0.305 e. The first-order chi connectivity index (χ1) is 11.6. The lowest BCUT2D eigenvalue weighted by molar-refractivity contribution is 0.102. The Hall–Kier alpha value is -2.32. The molecule has 1 saturated heterocycles. The molecule has 0 radical (unpaired) electrons. The van der Waals surface area contributed by atoms with Gasteiger partial charge in [-0.2, -0.15) is 4.31 Å². The fraction of sp³-hybridized carbons (Fsp3) is 0.312. The van der Waals surface area contributed by atoms with E-state index in [1.54, 1.807) is 12.1 Å². The molecule has 126 valence electrons. The molecule has 0 spiro atoms. The standard InChI is InChI=1S/C16H18N4O3S/c21-16(19-15-12-17-7-8-18-15)13-5-4-6-14(11-13)24(22,23)20-9-2-1-3-10-20/h4-8,11-12H,1-3,9-10H2,(H,18,19,21). The second-order valence-electron chi connectivity index (χ2n) is 5.54. The van der Waals surface area contributed by atoms with Crippen LogP contribution in [-0.4, -0.2) is 41.7 Å². The number of carbonyl (C=O) groups is 1. The quantitative estimate of drug-likeness (QED) is 0.913. The molecule has 3 rings (SSSR count).